The van der Waals surface area contributed by atoms with Crippen molar-refractivity contribution in [3.8, 4) is 17.2 Å². The maximum atomic E-state index is 13.5. The fraction of sp³-hybridized carbons (Fsp3) is 0.357. The van der Waals surface area contributed by atoms with Crippen molar-refractivity contribution in [2.75, 3.05) is 32.8 Å². The van der Waals surface area contributed by atoms with Crippen LogP contribution in [0.3, 0.4) is 0 Å². The number of allylic oxidation sites excluding steroid dienone is 2. The molecule has 4 rings (SSSR count). The molecule has 1 heterocycles. The average molecular weight is 493 g/mol. The van der Waals surface area contributed by atoms with E-state index in [4.69, 9.17) is 24.7 Å². The number of carbonyl (C=O) groups is 2. The normalized spacial score (nSPS) is 17.6. The molecule has 1 atom stereocenters. The number of hydrogen-bond donors (Lipinski definition) is 1. The van der Waals surface area contributed by atoms with Gasteiger partial charge in [0.05, 0.1) is 39.4 Å². The number of carbonyl (C=O) groups excluding carboxylic acids is 2. The highest BCUT2D eigenvalue weighted by molar-refractivity contribution is 6.05. The lowest BCUT2D eigenvalue weighted by molar-refractivity contribution is -0.138. The SMILES string of the molecule is CCOC(=O)C1=C(N)N(c2cccc(C)c2)C2=C(C(=O)CCC2)[C@@H]1c1cc(OC)c(OC)c(OC)c1. The number of nitrogens with zero attached hydrogens (tertiary/aromatic N) is 1. The van der Waals surface area contributed by atoms with E-state index in [1.54, 1.807) is 19.1 Å². The molecular formula is C28H32N2O6. The lowest BCUT2D eigenvalue weighted by Crippen LogP contribution is -2.41. The van der Waals surface area contributed by atoms with Crippen molar-refractivity contribution in [1.29, 1.82) is 0 Å². The largest absolute Gasteiger partial charge is 0.493 e. The van der Waals surface area contributed by atoms with Crippen LogP contribution in [-0.4, -0.2) is 39.7 Å². The number of anilines is 1. The topological polar surface area (TPSA) is 100 Å². The fourth-order valence-electron chi connectivity index (χ4n) is 5.06. The van der Waals surface area contributed by atoms with E-state index >= 15 is 0 Å². The number of rotatable bonds is 7. The third-order valence-corrected chi connectivity index (χ3v) is 6.57. The molecule has 1 aliphatic heterocycles. The Kier molecular flexibility index (Phi) is 7.24. The fourth-order valence-corrected chi connectivity index (χ4v) is 5.06. The van der Waals surface area contributed by atoms with Crippen LogP contribution in [-0.2, 0) is 14.3 Å². The number of Topliss-reactive ketones (excluding diaryl/α,β-unsaturated/α-hetero) is 1. The molecule has 8 nitrogen and oxygen atoms in total. The molecule has 0 fully saturated rings. The Morgan fingerprint density at radius 1 is 1.06 bits per heavy atom. The van der Waals surface area contributed by atoms with Gasteiger partial charge < -0.3 is 24.7 Å². The van der Waals surface area contributed by atoms with Crippen LogP contribution < -0.4 is 24.8 Å². The first kappa shape index (κ1) is 25.2. The van der Waals surface area contributed by atoms with Crippen molar-refractivity contribution in [1.82, 2.24) is 0 Å². The van der Waals surface area contributed by atoms with Gasteiger partial charge in [0, 0.05) is 23.4 Å². The van der Waals surface area contributed by atoms with Gasteiger partial charge in [-0.1, -0.05) is 12.1 Å². The van der Waals surface area contributed by atoms with Gasteiger partial charge in [-0.2, -0.15) is 0 Å². The van der Waals surface area contributed by atoms with Crippen LogP contribution in [0.15, 0.2) is 59.1 Å². The first-order chi connectivity index (χ1) is 17.4. The second kappa shape index (κ2) is 10.4. The summed E-state index contributed by atoms with van der Waals surface area (Å²) in [5, 5.41) is 0. The Hall–Kier alpha value is -3.94. The number of ether oxygens (including phenoxy) is 4. The van der Waals surface area contributed by atoms with Crippen molar-refractivity contribution in [3.05, 3.63) is 70.2 Å². The van der Waals surface area contributed by atoms with Crippen molar-refractivity contribution in [2.45, 2.75) is 39.0 Å². The van der Waals surface area contributed by atoms with E-state index in [1.807, 2.05) is 36.1 Å². The molecule has 1 aliphatic carbocycles. The van der Waals surface area contributed by atoms with Gasteiger partial charge in [0.15, 0.2) is 17.3 Å². The van der Waals surface area contributed by atoms with E-state index in [9.17, 15) is 9.59 Å². The highest BCUT2D eigenvalue weighted by Crippen LogP contribution is 2.49. The van der Waals surface area contributed by atoms with Crippen LogP contribution in [0.1, 0.15) is 43.2 Å². The predicted molar refractivity (Wildman–Crippen MR) is 136 cm³/mol. The van der Waals surface area contributed by atoms with E-state index in [0.29, 0.717) is 47.6 Å². The Morgan fingerprint density at radius 3 is 2.33 bits per heavy atom. The predicted octanol–water partition coefficient (Wildman–Crippen LogP) is 4.37. The quantitative estimate of drug-likeness (QED) is 0.569. The number of methoxy groups -OCH3 is 3. The van der Waals surface area contributed by atoms with Gasteiger partial charge in [0.2, 0.25) is 5.75 Å². The van der Waals surface area contributed by atoms with E-state index in [-0.39, 0.29) is 23.8 Å². The third-order valence-electron chi connectivity index (χ3n) is 6.57. The number of aryl methyl sites for hydroxylation is 1. The van der Waals surface area contributed by atoms with Crippen LogP contribution in [0, 0.1) is 6.92 Å². The second-order valence-electron chi connectivity index (χ2n) is 8.72. The standard InChI is InChI=1S/C28H32N2O6/c1-6-36-28(32)25-23(17-14-21(33-3)26(35-5)22(15-17)34-4)24-19(11-8-12-20(24)31)30(27(25)29)18-10-7-9-16(2)13-18/h7,9-10,13-15,23H,6,8,11-12,29H2,1-5H3/t23-/m0/s1. The number of nitrogens with two attached hydrogens (primary N) is 1. The summed E-state index contributed by atoms with van der Waals surface area (Å²) in [7, 11) is 4.57. The molecule has 2 aromatic carbocycles. The average Bonchev–Trinajstić information content (AvgIpc) is 2.87. The summed E-state index contributed by atoms with van der Waals surface area (Å²) in [4.78, 5) is 28.8. The van der Waals surface area contributed by atoms with E-state index in [2.05, 4.69) is 0 Å². The number of esters is 1. The molecule has 0 spiro atoms. The maximum absolute atomic E-state index is 13.5. The molecule has 36 heavy (non-hydrogen) atoms. The molecule has 0 aromatic heterocycles. The van der Waals surface area contributed by atoms with Crippen LogP contribution in [0.5, 0.6) is 17.2 Å². The molecule has 0 amide bonds. The molecular weight excluding hydrogens is 460 g/mol. The summed E-state index contributed by atoms with van der Waals surface area (Å²) in [6.45, 7) is 3.89. The van der Waals surface area contributed by atoms with Crippen LogP contribution in [0.2, 0.25) is 0 Å². The van der Waals surface area contributed by atoms with Gasteiger partial charge >= 0.3 is 5.97 Å². The molecule has 0 bridgehead atoms. The minimum Gasteiger partial charge on any atom is -0.493 e. The minimum absolute atomic E-state index is 0.0260. The first-order valence-electron chi connectivity index (χ1n) is 12.0. The van der Waals surface area contributed by atoms with Crippen molar-refractivity contribution >= 4 is 17.4 Å². The molecule has 2 aliphatic rings. The van der Waals surface area contributed by atoms with Gasteiger partial charge in [0.25, 0.3) is 0 Å². The molecule has 8 heteroatoms. The molecule has 0 radical (unpaired) electrons. The van der Waals surface area contributed by atoms with E-state index in [1.165, 1.54) is 21.3 Å². The van der Waals surface area contributed by atoms with Gasteiger partial charge in [-0.05, 0) is 62.1 Å². The monoisotopic (exact) mass is 492 g/mol. The van der Waals surface area contributed by atoms with Crippen LogP contribution in [0.25, 0.3) is 0 Å². The number of ketones is 1. The lowest BCUT2D eigenvalue weighted by Gasteiger charge is -2.40. The van der Waals surface area contributed by atoms with Crippen molar-refractivity contribution < 1.29 is 28.5 Å². The first-order valence-corrected chi connectivity index (χ1v) is 12.0. The molecule has 190 valence electrons. The summed E-state index contributed by atoms with van der Waals surface area (Å²) in [6.07, 6.45) is 1.73. The molecule has 2 aromatic rings. The highest BCUT2D eigenvalue weighted by atomic mass is 16.5. The zero-order valence-electron chi connectivity index (χ0n) is 21.3. The van der Waals surface area contributed by atoms with Gasteiger partial charge in [0.1, 0.15) is 5.82 Å². The lowest BCUT2D eigenvalue weighted by atomic mass is 9.75. The molecule has 0 saturated heterocycles. The van der Waals surface area contributed by atoms with Gasteiger partial charge in [-0.25, -0.2) is 4.79 Å². The summed E-state index contributed by atoms with van der Waals surface area (Å²) >= 11 is 0. The Labute approximate surface area is 211 Å². The summed E-state index contributed by atoms with van der Waals surface area (Å²) in [5.74, 6) is 0.145. The van der Waals surface area contributed by atoms with Gasteiger partial charge in [-0.3, -0.25) is 9.69 Å². The smallest absolute Gasteiger partial charge is 0.338 e. The summed E-state index contributed by atoms with van der Waals surface area (Å²) < 4.78 is 22.1. The second-order valence-corrected chi connectivity index (χ2v) is 8.72. The summed E-state index contributed by atoms with van der Waals surface area (Å²) in [6, 6.07) is 11.3. The minimum atomic E-state index is -0.749. The Morgan fingerprint density at radius 2 is 1.75 bits per heavy atom. The Balaban J connectivity index is 2.04. The van der Waals surface area contributed by atoms with Crippen LogP contribution in [0.4, 0.5) is 5.69 Å². The van der Waals surface area contributed by atoms with E-state index < -0.39 is 11.9 Å². The maximum Gasteiger partial charge on any atom is 0.338 e. The number of benzene rings is 2. The van der Waals surface area contributed by atoms with Crippen molar-refractivity contribution in [2.24, 2.45) is 5.73 Å². The van der Waals surface area contributed by atoms with E-state index in [0.717, 1.165) is 16.9 Å². The Bertz CT molecular complexity index is 1240. The number of hydrogen-bond acceptors (Lipinski definition) is 8. The van der Waals surface area contributed by atoms with Gasteiger partial charge in [-0.15, -0.1) is 0 Å². The summed E-state index contributed by atoms with van der Waals surface area (Å²) in [5.41, 5.74) is 10.8. The van der Waals surface area contributed by atoms with Crippen LogP contribution >= 0.6 is 0 Å². The zero-order valence-corrected chi connectivity index (χ0v) is 21.3. The molecule has 0 unspecified atom stereocenters. The zero-order chi connectivity index (χ0) is 26.0. The highest BCUT2D eigenvalue weighted by Gasteiger charge is 2.43. The third kappa shape index (κ3) is 4.27. The van der Waals surface area contributed by atoms with Crippen molar-refractivity contribution in [3.63, 3.8) is 0 Å². The molecule has 2 N–H and O–H groups in total. The molecule has 0 saturated carbocycles.